The van der Waals surface area contributed by atoms with Crippen molar-refractivity contribution in [3.63, 3.8) is 0 Å². The molecular weight excluding hydrogens is 409 g/mol. The molecule has 0 saturated carbocycles. The van der Waals surface area contributed by atoms with Gasteiger partial charge in [0.25, 0.3) is 0 Å². The maximum atomic E-state index is 13.3. The van der Waals surface area contributed by atoms with Gasteiger partial charge in [-0.3, -0.25) is 0 Å². The third kappa shape index (κ3) is 3.13. The summed E-state index contributed by atoms with van der Waals surface area (Å²) in [5.74, 6) is -1.42. The molecule has 0 nitrogen and oxygen atoms in total. The van der Waals surface area contributed by atoms with Gasteiger partial charge in [0, 0.05) is 5.56 Å². The quantitative estimate of drug-likeness (QED) is 0.255. The van der Waals surface area contributed by atoms with Crippen LogP contribution in [-0.2, 0) is 6.18 Å². The molecule has 0 heterocycles. The highest BCUT2D eigenvalue weighted by atomic mass is 35.5. The lowest BCUT2D eigenvalue weighted by molar-refractivity contribution is -0.139. The standard InChI is InChI=1S/C13H3Cl5F4/c14-8-7(9(15)11(17)12(18)10(8)16)4-1-2-6(19)5(3-4)13(20,21)22/h1-3H. The van der Waals surface area contributed by atoms with Crippen molar-refractivity contribution < 1.29 is 17.6 Å². The SMILES string of the molecule is Fc1ccc(-c2c(Cl)c(Cl)c(Cl)c(Cl)c2Cl)cc1C(F)(F)F. The van der Waals surface area contributed by atoms with Crippen LogP contribution in [0.5, 0.6) is 0 Å². The number of halogens is 9. The Labute approximate surface area is 147 Å². The molecular formula is C13H3Cl5F4. The number of benzene rings is 2. The fourth-order valence-corrected chi connectivity index (χ4v) is 3.11. The first-order chi connectivity index (χ1) is 10.1. The van der Waals surface area contributed by atoms with Gasteiger partial charge in [-0.1, -0.05) is 64.1 Å². The third-order valence-electron chi connectivity index (χ3n) is 2.77. The summed E-state index contributed by atoms with van der Waals surface area (Å²) in [5.41, 5.74) is -1.61. The molecule has 0 N–H and O–H groups in total. The van der Waals surface area contributed by atoms with Gasteiger partial charge in [-0.15, -0.1) is 0 Å². The molecule has 0 aliphatic heterocycles. The third-order valence-corrected chi connectivity index (χ3v) is 5.05. The van der Waals surface area contributed by atoms with Crippen molar-refractivity contribution in [3.8, 4) is 11.1 Å². The van der Waals surface area contributed by atoms with Crippen LogP contribution < -0.4 is 0 Å². The molecule has 0 bridgehead atoms. The fraction of sp³-hybridized carbons (Fsp3) is 0.0769. The van der Waals surface area contributed by atoms with Crippen LogP contribution in [-0.4, -0.2) is 0 Å². The van der Waals surface area contributed by atoms with E-state index in [2.05, 4.69) is 0 Å². The van der Waals surface area contributed by atoms with Crippen molar-refractivity contribution in [2.75, 3.05) is 0 Å². The van der Waals surface area contributed by atoms with E-state index >= 15 is 0 Å². The second-order valence-electron chi connectivity index (χ2n) is 4.14. The van der Waals surface area contributed by atoms with Crippen LogP contribution in [0.1, 0.15) is 5.56 Å². The Morgan fingerprint density at radius 2 is 1.18 bits per heavy atom. The van der Waals surface area contributed by atoms with E-state index in [4.69, 9.17) is 58.0 Å². The Kier molecular flexibility index (Phi) is 5.10. The molecule has 0 aromatic heterocycles. The zero-order chi connectivity index (χ0) is 16.8. The minimum absolute atomic E-state index is 0.0618. The average Bonchev–Trinajstić information content (AvgIpc) is 2.43. The molecule has 2 aromatic carbocycles. The molecule has 9 heteroatoms. The van der Waals surface area contributed by atoms with Crippen molar-refractivity contribution in [3.05, 3.63) is 54.7 Å². The smallest absolute Gasteiger partial charge is 0.206 e. The first kappa shape index (κ1) is 18.0. The van der Waals surface area contributed by atoms with E-state index in [-0.39, 0.29) is 36.2 Å². The molecule has 0 aliphatic carbocycles. The van der Waals surface area contributed by atoms with Crippen molar-refractivity contribution in [1.29, 1.82) is 0 Å². The van der Waals surface area contributed by atoms with Gasteiger partial charge in [0.2, 0.25) is 0 Å². The maximum absolute atomic E-state index is 13.3. The Bertz CT molecular complexity index is 726. The minimum atomic E-state index is -4.88. The Morgan fingerprint density at radius 3 is 1.64 bits per heavy atom. The van der Waals surface area contributed by atoms with Crippen LogP contribution in [0, 0.1) is 5.82 Å². The molecule has 0 amide bonds. The molecule has 0 unspecified atom stereocenters. The van der Waals surface area contributed by atoms with E-state index in [9.17, 15) is 17.6 Å². The number of rotatable bonds is 1. The van der Waals surface area contributed by atoms with Crippen LogP contribution in [0.15, 0.2) is 18.2 Å². The first-order valence-electron chi connectivity index (χ1n) is 5.44. The minimum Gasteiger partial charge on any atom is -0.206 e. The molecule has 0 aliphatic rings. The molecule has 118 valence electrons. The van der Waals surface area contributed by atoms with E-state index in [1.807, 2.05) is 0 Å². The summed E-state index contributed by atoms with van der Waals surface area (Å²) in [5, 5.41) is -0.807. The molecule has 0 fully saturated rings. The topological polar surface area (TPSA) is 0 Å². The van der Waals surface area contributed by atoms with Gasteiger partial charge < -0.3 is 0 Å². The molecule has 0 atom stereocenters. The van der Waals surface area contributed by atoms with E-state index in [0.29, 0.717) is 12.1 Å². The molecule has 22 heavy (non-hydrogen) atoms. The number of hydrogen-bond donors (Lipinski definition) is 0. The zero-order valence-electron chi connectivity index (χ0n) is 10.1. The lowest BCUT2D eigenvalue weighted by Gasteiger charge is -2.15. The Morgan fingerprint density at radius 1 is 0.727 bits per heavy atom. The molecule has 0 radical (unpaired) electrons. The molecule has 2 rings (SSSR count). The number of alkyl halides is 3. The van der Waals surface area contributed by atoms with Gasteiger partial charge in [0.1, 0.15) is 5.82 Å². The highest BCUT2D eigenvalue weighted by Crippen LogP contribution is 2.48. The van der Waals surface area contributed by atoms with Crippen molar-refractivity contribution >= 4 is 58.0 Å². The second-order valence-corrected chi connectivity index (χ2v) is 6.03. The Balaban J connectivity index is 2.79. The van der Waals surface area contributed by atoms with Gasteiger partial charge in [-0.2, -0.15) is 13.2 Å². The summed E-state index contributed by atoms with van der Waals surface area (Å²) in [7, 11) is 0. The van der Waals surface area contributed by atoms with E-state index in [0.717, 1.165) is 6.07 Å². The van der Waals surface area contributed by atoms with Gasteiger partial charge in [-0.25, -0.2) is 4.39 Å². The highest BCUT2D eigenvalue weighted by Gasteiger charge is 2.34. The average molecular weight is 412 g/mol. The van der Waals surface area contributed by atoms with Crippen molar-refractivity contribution in [2.45, 2.75) is 6.18 Å². The molecule has 0 spiro atoms. The largest absolute Gasteiger partial charge is 0.419 e. The fourth-order valence-electron chi connectivity index (χ4n) is 1.76. The summed E-state index contributed by atoms with van der Waals surface area (Å²) >= 11 is 29.5. The van der Waals surface area contributed by atoms with E-state index in [1.54, 1.807) is 0 Å². The van der Waals surface area contributed by atoms with Gasteiger partial charge >= 0.3 is 6.18 Å². The van der Waals surface area contributed by atoms with Gasteiger partial charge in [0.15, 0.2) is 0 Å². The van der Waals surface area contributed by atoms with Crippen molar-refractivity contribution in [1.82, 2.24) is 0 Å². The van der Waals surface area contributed by atoms with Crippen LogP contribution >= 0.6 is 58.0 Å². The van der Waals surface area contributed by atoms with Crippen LogP contribution in [0.4, 0.5) is 17.6 Å². The summed E-state index contributed by atoms with van der Waals surface area (Å²) < 4.78 is 51.7. The Hall–Kier alpha value is -0.390. The van der Waals surface area contributed by atoms with Crippen LogP contribution in [0.3, 0.4) is 0 Å². The summed E-state index contributed by atoms with van der Waals surface area (Å²) in [6.45, 7) is 0. The van der Waals surface area contributed by atoms with Gasteiger partial charge in [-0.05, 0) is 17.7 Å². The monoisotopic (exact) mass is 410 g/mol. The molecule has 2 aromatic rings. The normalized spacial score (nSPS) is 11.9. The van der Waals surface area contributed by atoms with Gasteiger partial charge in [0.05, 0.1) is 30.7 Å². The van der Waals surface area contributed by atoms with Crippen LogP contribution in [0.2, 0.25) is 25.1 Å². The summed E-state index contributed by atoms with van der Waals surface area (Å²) in [6, 6.07) is 2.31. The van der Waals surface area contributed by atoms with Crippen molar-refractivity contribution in [2.24, 2.45) is 0 Å². The summed E-state index contributed by atoms with van der Waals surface area (Å²) in [6.07, 6.45) is -4.88. The number of hydrogen-bond acceptors (Lipinski definition) is 0. The zero-order valence-corrected chi connectivity index (χ0v) is 13.9. The predicted molar refractivity (Wildman–Crippen MR) is 81.9 cm³/mol. The maximum Gasteiger partial charge on any atom is 0.419 e. The second kappa shape index (κ2) is 6.25. The van der Waals surface area contributed by atoms with E-state index in [1.165, 1.54) is 0 Å². The summed E-state index contributed by atoms with van der Waals surface area (Å²) in [4.78, 5) is 0. The van der Waals surface area contributed by atoms with Crippen LogP contribution in [0.25, 0.3) is 11.1 Å². The highest BCUT2D eigenvalue weighted by molar-refractivity contribution is 6.56. The molecule has 0 saturated heterocycles. The lowest BCUT2D eigenvalue weighted by atomic mass is 10.0. The van der Waals surface area contributed by atoms with E-state index < -0.39 is 17.6 Å². The predicted octanol–water partition coefficient (Wildman–Crippen LogP) is 7.78. The first-order valence-corrected chi connectivity index (χ1v) is 7.33. The lowest BCUT2D eigenvalue weighted by Crippen LogP contribution is -2.08.